The number of rotatable bonds is 7. The maximum atomic E-state index is 5.91. The number of nitrogens with one attached hydrogen (secondary N) is 1. The highest BCUT2D eigenvalue weighted by molar-refractivity contribution is 5.07. The smallest absolute Gasteiger partial charge is 0.118 e. The summed E-state index contributed by atoms with van der Waals surface area (Å²) in [4.78, 5) is 2.49. The van der Waals surface area contributed by atoms with Gasteiger partial charge in [0.1, 0.15) is 11.5 Å². The van der Waals surface area contributed by atoms with Gasteiger partial charge in [-0.25, -0.2) is 0 Å². The van der Waals surface area contributed by atoms with Crippen LogP contribution < -0.4 is 5.32 Å². The molecule has 4 nitrogen and oxygen atoms in total. The number of ether oxygens (including phenoxy) is 1. The van der Waals surface area contributed by atoms with Gasteiger partial charge in [0.15, 0.2) is 0 Å². The number of hydrogen-bond acceptors (Lipinski definition) is 4. The molecule has 1 saturated heterocycles. The summed E-state index contributed by atoms with van der Waals surface area (Å²) in [6, 6.07) is 4.98. The summed E-state index contributed by atoms with van der Waals surface area (Å²) in [7, 11) is 1.80. The summed E-state index contributed by atoms with van der Waals surface area (Å²) in [5.41, 5.74) is 0. The Morgan fingerprint density at radius 3 is 2.65 bits per heavy atom. The SMILES string of the molecule is COCC1CCN(Cc2ccc(CNC3CC3)o2)CC1. The molecule has 2 heterocycles. The summed E-state index contributed by atoms with van der Waals surface area (Å²) in [6.07, 6.45) is 5.13. The van der Waals surface area contributed by atoms with Gasteiger partial charge in [-0.15, -0.1) is 0 Å². The molecule has 0 spiro atoms. The van der Waals surface area contributed by atoms with Crippen molar-refractivity contribution in [3.8, 4) is 0 Å². The first kappa shape index (κ1) is 14.1. The molecule has 2 fully saturated rings. The standard InChI is InChI=1S/C16H26N2O2/c1-19-12-13-6-8-18(9-7-13)11-16-5-4-15(20-16)10-17-14-2-3-14/h4-5,13-14,17H,2-3,6-12H2,1H3. The van der Waals surface area contributed by atoms with Crippen molar-refractivity contribution in [3.63, 3.8) is 0 Å². The van der Waals surface area contributed by atoms with E-state index in [2.05, 4.69) is 22.3 Å². The Labute approximate surface area is 121 Å². The Kier molecular flexibility index (Phi) is 4.76. The summed E-state index contributed by atoms with van der Waals surface area (Å²) in [5, 5.41) is 3.49. The number of nitrogens with zero attached hydrogens (tertiary/aromatic N) is 1. The monoisotopic (exact) mass is 278 g/mol. The molecular weight excluding hydrogens is 252 g/mol. The molecule has 0 atom stereocenters. The van der Waals surface area contributed by atoms with E-state index in [9.17, 15) is 0 Å². The first-order valence-corrected chi connectivity index (χ1v) is 7.86. The number of furan rings is 1. The first-order valence-electron chi connectivity index (χ1n) is 7.86. The molecule has 4 heteroatoms. The Bertz CT molecular complexity index is 406. The first-order chi connectivity index (χ1) is 9.83. The van der Waals surface area contributed by atoms with Gasteiger partial charge in [-0.1, -0.05) is 0 Å². The average Bonchev–Trinajstić information content (AvgIpc) is 3.19. The maximum absolute atomic E-state index is 5.91. The van der Waals surface area contributed by atoms with E-state index in [1.165, 1.54) is 25.7 Å². The second-order valence-corrected chi connectivity index (χ2v) is 6.20. The Morgan fingerprint density at radius 2 is 1.95 bits per heavy atom. The van der Waals surface area contributed by atoms with Crippen LogP contribution in [0.1, 0.15) is 37.2 Å². The topological polar surface area (TPSA) is 37.6 Å². The van der Waals surface area contributed by atoms with Gasteiger partial charge in [0.05, 0.1) is 13.1 Å². The zero-order valence-electron chi connectivity index (χ0n) is 12.4. The normalized spacial score (nSPS) is 21.4. The van der Waals surface area contributed by atoms with Gasteiger partial charge in [-0.05, 0) is 56.8 Å². The molecule has 1 aromatic heterocycles. The van der Waals surface area contributed by atoms with Gasteiger partial charge < -0.3 is 14.5 Å². The fourth-order valence-electron chi connectivity index (χ4n) is 2.90. The Balaban J connectivity index is 1.41. The fourth-order valence-corrected chi connectivity index (χ4v) is 2.90. The molecule has 1 aliphatic heterocycles. The minimum atomic E-state index is 0.739. The third-order valence-corrected chi connectivity index (χ3v) is 4.35. The van der Waals surface area contributed by atoms with Crippen LogP contribution in [0.25, 0.3) is 0 Å². The lowest BCUT2D eigenvalue weighted by atomic mass is 9.98. The number of piperidine rings is 1. The van der Waals surface area contributed by atoms with Gasteiger partial charge in [-0.2, -0.15) is 0 Å². The second kappa shape index (κ2) is 6.74. The van der Waals surface area contributed by atoms with Crippen molar-refractivity contribution in [3.05, 3.63) is 23.7 Å². The molecule has 2 aliphatic rings. The van der Waals surface area contributed by atoms with Gasteiger partial charge in [0.25, 0.3) is 0 Å². The van der Waals surface area contributed by atoms with Crippen LogP contribution in [0.3, 0.4) is 0 Å². The minimum Gasteiger partial charge on any atom is -0.463 e. The Morgan fingerprint density at radius 1 is 1.20 bits per heavy atom. The highest BCUT2D eigenvalue weighted by Crippen LogP contribution is 2.21. The van der Waals surface area contributed by atoms with Gasteiger partial charge in [-0.3, -0.25) is 4.90 Å². The lowest BCUT2D eigenvalue weighted by molar-refractivity contribution is 0.0937. The van der Waals surface area contributed by atoms with Crippen molar-refractivity contribution >= 4 is 0 Å². The van der Waals surface area contributed by atoms with Crippen molar-refractivity contribution < 1.29 is 9.15 Å². The summed E-state index contributed by atoms with van der Waals surface area (Å²) < 4.78 is 11.2. The highest BCUT2D eigenvalue weighted by atomic mass is 16.5. The van der Waals surface area contributed by atoms with Crippen molar-refractivity contribution in [2.24, 2.45) is 5.92 Å². The largest absolute Gasteiger partial charge is 0.463 e. The molecule has 0 radical (unpaired) electrons. The third-order valence-electron chi connectivity index (χ3n) is 4.35. The molecule has 0 aromatic carbocycles. The quantitative estimate of drug-likeness (QED) is 0.831. The molecule has 3 rings (SSSR count). The molecule has 0 bridgehead atoms. The molecule has 1 N–H and O–H groups in total. The number of methoxy groups -OCH3 is 1. The van der Waals surface area contributed by atoms with Crippen LogP contribution in [-0.2, 0) is 17.8 Å². The van der Waals surface area contributed by atoms with E-state index in [-0.39, 0.29) is 0 Å². The lowest BCUT2D eigenvalue weighted by Crippen LogP contribution is -2.34. The van der Waals surface area contributed by atoms with E-state index in [1.807, 2.05) is 0 Å². The van der Waals surface area contributed by atoms with Crippen molar-refractivity contribution in [2.75, 3.05) is 26.8 Å². The van der Waals surface area contributed by atoms with Crippen LogP contribution in [0.15, 0.2) is 16.5 Å². The van der Waals surface area contributed by atoms with E-state index >= 15 is 0 Å². The van der Waals surface area contributed by atoms with E-state index in [1.54, 1.807) is 7.11 Å². The van der Waals surface area contributed by atoms with E-state index in [0.29, 0.717) is 0 Å². The molecule has 1 saturated carbocycles. The van der Waals surface area contributed by atoms with E-state index in [0.717, 1.165) is 56.3 Å². The summed E-state index contributed by atoms with van der Waals surface area (Å²) in [5.74, 6) is 2.91. The maximum Gasteiger partial charge on any atom is 0.118 e. The molecule has 0 amide bonds. The third kappa shape index (κ3) is 4.08. The Hall–Kier alpha value is -0.840. The van der Waals surface area contributed by atoms with Crippen LogP contribution in [0.4, 0.5) is 0 Å². The predicted octanol–water partition coefficient (Wildman–Crippen LogP) is 2.39. The molecule has 20 heavy (non-hydrogen) atoms. The molecule has 0 unspecified atom stereocenters. The van der Waals surface area contributed by atoms with Crippen molar-refractivity contribution in [1.29, 1.82) is 0 Å². The molecule has 1 aliphatic carbocycles. The fraction of sp³-hybridized carbons (Fsp3) is 0.750. The predicted molar refractivity (Wildman–Crippen MR) is 78.4 cm³/mol. The second-order valence-electron chi connectivity index (χ2n) is 6.20. The highest BCUT2D eigenvalue weighted by Gasteiger charge is 2.21. The molecular formula is C16H26N2O2. The van der Waals surface area contributed by atoms with E-state index < -0.39 is 0 Å². The molecule has 112 valence electrons. The lowest BCUT2D eigenvalue weighted by Gasteiger charge is -2.30. The zero-order valence-corrected chi connectivity index (χ0v) is 12.4. The number of likely N-dealkylation sites (tertiary alicyclic amines) is 1. The van der Waals surface area contributed by atoms with Gasteiger partial charge in [0, 0.05) is 19.8 Å². The minimum absolute atomic E-state index is 0.739. The summed E-state index contributed by atoms with van der Waals surface area (Å²) >= 11 is 0. The van der Waals surface area contributed by atoms with E-state index in [4.69, 9.17) is 9.15 Å². The van der Waals surface area contributed by atoms with Crippen molar-refractivity contribution in [2.45, 2.75) is 44.8 Å². The average molecular weight is 278 g/mol. The van der Waals surface area contributed by atoms with Gasteiger partial charge in [0.2, 0.25) is 0 Å². The van der Waals surface area contributed by atoms with Crippen LogP contribution >= 0.6 is 0 Å². The molecule has 1 aromatic rings. The van der Waals surface area contributed by atoms with Crippen molar-refractivity contribution in [1.82, 2.24) is 10.2 Å². The van der Waals surface area contributed by atoms with Crippen LogP contribution in [-0.4, -0.2) is 37.7 Å². The van der Waals surface area contributed by atoms with Crippen LogP contribution in [0.2, 0.25) is 0 Å². The number of hydrogen-bond donors (Lipinski definition) is 1. The van der Waals surface area contributed by atoms with Crippen LogP contribution in [0, 0.1) is 5.92 Å². The summed E-state index contributed by atoms with van der Waals surface area (Å²) in [6.45, 7) is 5.05. The van der Waals surface area contributed by atoms with Crippen LogP contribution in [0.5, 0.6) is 0 Å². The zero-order chi connectivity index (χ0) is 13.8. The van der Waals surface area contributed by atoms with Gasteiger partial charge >= 0.3 is 0 Å².